The van der Waals surface area contributed by atoms with Gasteiger partial charge in [-0.3, -0.25) is 4.79 Å². The Bertz CT molecular complexity index is 968. The number of aryl methyl sites for hydroxylation is 2. The van der Waals surface area contributed by atoms with Crippen molar-refractivity contribution in [2.45, 2.75) is 74.2 Å². The molecule has 1 aromatic heterocycles. The lowest BCUT2D eigenvalue weighted by atomic mass is 10.1. The highest BCUT2D eigenvalue weighted by atomic mass is 19.4. The van der Waals surface area contributed by atoms with Gasteiger partial charge in [-0.05, 0) is 31.0 Å². The molecule has 0 aliphatic carbocycles. The summed E-state index contributed by atoms with van der Waals surface area (Å²) in [6.07, 6.45) is -2.14. The van der Waals surface area contributed by atoms with Gasteiger partial charge >= 0.3 is 6.18 Å². The van der Waals surface area contributed by atoms with Gasteiger partial charge in [0.1, 0.15) is 0 Å². The number of hydrogen-bond donors (Lipinski definition) is 0. The Labute approximate surface area is 208 Å². The minimum Gasteiger partial charge on any atom is -0.377 e. The Morgan fingerprint density at radius 3 is 2.17 bits per heavy atom. The molecule has 3 aromatic rings. The van der Waals surface area contributed by atoms with Crippen molar-refractivity contribution in [3.8, 4) is 0 Å². The van der Waals surface area contributed by atoms with Crippen LogP contribution in [0.1, 0.15) is 81.0 Å². The molecule has 0 aliphatic heterocycles. The van der Waals surface area contributed by atoms with Crippen LogP contribution < -0.4 is 0 Å². The maximum atomic E-state index is 12.9. The van der Waals surface area contributed by atoms with E-state index >= 15 is 0 Å². The highest BCUT2D eigenvalue weighted by Gasteiger charge is 2.31. The van der Waals surface area contributed by atoms with E-state index in [0.717, 1.165) is 17.7 Å². The molecule has 0 radical (unpaired) electrons. The number of ether oxygens (including phenoxy) is 1. The summed E-state index contributed by atoms with van der Waals surface area (Å²) >= 11 is 0. The van der Waals surface area contributed by atoms with Crippen molar-refractivity contribution >= 4 is 5.78 Å². The number of nitrogens with zero attached hydrogens (tertiary/aromatic N) is 2. The second-order valence-electron chi connectivity index (χ2n) is 6.70. The van der Waals surface area contributed by atoms with Gasteiger partial charge in [-0.25, -0.2) is 4.98 Å². The quantitative estimate of drug-likeness (QED) is 0.235. The average Bonchev–Trinajstić information content (AvgIpc) is 3.27. The molecule has 194 valence electrons. The zero-order chi connectivity index (χ0) is 26.9. The van der Waals surface area contributed by atoms with Gasteiger partial charge in [-0.1, -0.05) is 84.0 Å². The predicted molar refractivity (Wildman–Crippen MR) is 137 cm³/mol. The van der Waals surface area contributed by atoms with Crippen molar-refractivity contribution < 1.29 is 22.7 Å². The number of benzene rings is 2. The average molecular weight is 493 g/mol. The lowest BCUT2D eigenvalue weighted by Gasteiger charge is -2.10. The van der Waals surface area contributed by atoms with Crippen LogP contribution in [0.25, 0.3) is 0 Å². The van der Waals surface area contributed by atoms with E-state index in [1.165, 1.54) is 12.1 Å². The third-order valence-electron chi connectivity index (χ3n) is 4.35. The summed E-state index contributed by atoms with van der Waals surface area (Å²) in [7, 11) is 0. The Balaban J connectivity index is 0.00000179. The summed E-state index contributed by atoms with van der Waals surface area (Å²) in [5, 5.41) is 0. The molecule has 0 aliphatic rings. The first-order valence-corrected chi connectivity index (χ1v) is 12.2. The van der Waals surface area contributed by atoms with E-state index in [0.29, 0.717) is 31.9 Å². The van der Waals surface area contributed by atoms with E-state index in [1.807, 2.05) is 71.9 Å². The number of carbonyl (C=O) groups excluding carboxylic acids is 1. The summed E-state index contributed by atoms with van der Waals surface area (Å²) < 4.78 is 46.1. The zero-order valence-corrected chi connectivity index (χ0v) is 21.9. The fourth-order valence-electron chi connectivity index (χ4n) is 2.97. The highest BCUT2D eigenvalue weighted by molar-refractivity contribution is 6.06. The Morgan fingerprint density at radius 1 is 0.943 bits per heavy atom. The number of hydrogen-bond acceptors (Lipinski definition) is 3. The first-order chi connectivity index (χ1) is 16.8. The normalized spacial score (nSPS) is 10.1. The third kappa shape index (κ3) is 10.9. The number of rotatable bonds is 8. The summed E-state index contributed by atoms with van der Waals surface area (Å²) in [5.41, 5.74) is 0.816. The van der Waals surface area contributed by atoms with Gasteiger partial charge in [0.25, 0.3) is 0 Å². The number of carbonyl (C=O) groups is 1. The van der Waals surface area contributed by atoms with Crippen LogP contribution in [0.15, 0.2) is 60.8 Å². The molecule has 0 atom stereocenters. The number of aromatic nitrogens is 2. The van der Waals surface area contributed by atoms with E-state index in [4.69, 9.17) is 4.74 Å². The van der Waals surface area contributed by atoms with E-state index < -0.39 is 17.5 Å². The Kier molecular flexibility index (Phi) is 16.0. The van der Waals surface area contributed by atoms with E-state index in [9.17, 15) is 18.0 Å². The van der Waals surface area contributed by atoms with Gasteiger partial charge in [0, 0.05) is 24.9 Å². The monoisotopic (exact) mass is 492 g/mol. The van der Waals surface area contributed by atoms with Gasteiger partial charge in [0.15, 0.2) is 5.82 Å². The smallest absolute Gasteiger partial charge is 0.377 e. The van der Waals surface area contributed by atoms with Crippen molar-refractivity contribution in [2.24, 2.45) is 0 Å². The maximum Gasteiger partial charge on any atom is 0.416 e. The molecule has 0 spiro atoms. The van der Waals surface area contributed by atoms with Crippen molar-refractivity contribution in [1.82, 2.24) is 9.55 Å². The second kappa shape index (κ2) is 17.5. The molecule has 0 amide bonds. The Morgan fingerprint density at radius 2 is 1.57 bits per heavy atom. The first kappa shape index (κ1) is 32.1. The second-order valence-corrected chi connectivity index (χ2v) is 6.70. The fraction of sp³-hybridized carbons (Fsp3) is 0.429. The summed E-state index contributed by atoms with van der Waals surface area (Å²) in [5.74, 6) is -0.403. The van der Waals surface area contributed by atoms with Crippen molar-refractivity contribution in [1.29, 1.82) is 0 Å². The largest absolute Gasteiger partial charge is 0.416 e. The molecule has 0 saturated heterocycles. The molecular formula is C28H39F3N2O2. The van der Waals surface area contributed by atoms with Gasteiger partial charge < -0.3 is 9.30 Å². The SMILES string of the molecule is CC.CC.CC.Cc1cn(CCCOCc2ccccc2)c(C(=O)c2cccc(C(F)(F)F)c2)n1. The molecule has 0 unspecified atom stereocenters. The van der Waals surface area contributed by atoms with Crippen molar-refractivity contribution in [3.05, 3.63) is 89.0 Å². The molecule has 3 rings (SSSR count). The number of imidazole rings is 1. The molecule has 0 fully saturated rings. The zero-order valence-electron chi connectivity index (χ0n) is 21.9. The Hall–Kier alpha value is -2.93. The minimum absolute atomic E-state index is 0.0352. The maximum absolute atomic E-state index is 12.9. The van der Waals surface area contributed by atoms with E-state index in [-0.39, 0.29) is 11.4 Å². The van der Waals surface area contributed by atoms with E-state index in [2.05, 4.69) is 4.98 Å². The van der Waals surface area contributed by atoms with Crippen LogP contribution in [0.2, 0.25) is 0 Å². The molecule has 7 heteroatoms. The molecule has 1 heterocycles. The van der Waals surface area contributed by atoms with Crippen LogP contribution in [0, 0.1) is 6.92 Å². The molecule has 0 saturated carbocycles. The summed E-state index contributed by atoms with van der Waals surface area (Å²) in [4.78, 5) is 17.0. The summed E-state index contributed by atoms with van der Waals surface area (Å²) in [6.45, 7) is 15.2. The summed E-state index contributed by atoms with van der Waals surface area (Å²) in [6, 6.07) is 14.2. The van der Waals surface area contributed by atoms with E-state index in [1.54, 1.807) is 17.7 Å². The molecular weight excluding hydrogens is 453 g/mol. The molecule has 4 nitrogen and oxygen atoms in total. The van der Waals surface area contributed by atoms with Crippen LogP contribution in [-0.2, 0) is 24.1 Å². The van der Waals surface area contributed by atoms with Crippen molar-refractivity contribution in [3.63, 3.8) is 0 Å². The van der Waals surface area contributed by atoms with Gasteiger partial charge in [-0.2, -0.15) is 13.2 Å². The van der Waals surface area contributed by atoms with Crippen LogP contribution >= 0.6 is 0 Å². The number of halogens is 3. The predicted octanol–water partition coefficient (Wildman–Crippen LogP) is 8.13. The van der Waals surface area contributed by atoms with Crippen LogP contribution in [0.5, 0.6) is 0 Å². The molecule has 35 heavy (non-hydrogen) atoms. The standard InChI is InChI=1S/C22H21F3N2O2.3C2H6/c1-16-14-27(11-6-12-29-15-17-7-3-2-4-8-17)21(26-16)20(28)18-9-5-10-19(13-18)22(23,24)25;3*1-2/h2-5,7-10,13-14H,6,11-12,15H2,1H3;3*1-2H3. The van der Waals surface area contributed by atoms with Crippen LogP contribution in [-0.4, -0.2) is 21.9 Å². The minimum atomic E-state index is -4.50. The van der Waals surface area contributed by atoms with Gasteiger partial charge in [0.2, 0.25) is 5.78 Å². The fourth-order valence-corrected chi connectivity index (χ4v) is 2.97. The number of ketones is 1. The van der Waals surface area contributed by atoms with Gasteiger partial charge in [-0.15, -0.1) is 0 Å². The van der Waals surface area contributed by atoms with Crippen molar-refractivity contribution in [2.75, 3.05) is 6.61 Å². The highest BCUT2D eigenvalue weighted by Crippen LogP contribution is 2.30. The van der Waals surface area contributed by atoms with Gasteiger partial charge in [0.05, 0.1) is 17.9 Å². The first-order valence-electron chi connectivity index (χ1n) is 12.2. The lowest BCUT2D eigenvalue weighted by molar-refractivity contribution is -0.137. The van der Waals surface area contributed by atoms with Crippen LogP contribution in [0.3, 0.4) is 0 Å². The van der Waals surface area contributed by atoms with Crippen LogP contribution in [0.4, 0.5) is 13.2 Å². The molecule has 0 N–H and O–H groups in total. The topological polar surface area (TPSA) is 44.1 Å². The molecule has 2 aromatic carbocycles. The third-order valence-corrected chi connectivity index (χ3v) is 4.35. The number of alkyl halides is 3. The molecule has 0 bridgehead atoms. The lowest BCUT2D eigenvalue weighted by Crippen LogP contribution is -2.14.